The van der Waals surface area contributed by atoms with Crippen LogP contribution in [0.25, 0.3) is 0 Å². The van der Waals surface area contributed by atoms with Gasteiger partial charge in [-0.1, -0.05) is 13.3 Å². The van der Waals surface area contributed by atoms with Crippen LogP contribution in [0.1, 0.15) is 40.5 Å². The van der Waals surface area contributed by atoms with Crippen molar-refractivity contribution in [2.24, 2.45) is 0 Å². The SMILES string of the molecule is CCCC(OOC(=O)c1cc(OC)ccc1OC)OOC(=O)c1cc(OC)ccc1OC. The molecule has 0 bridgehead atoms. The zero-order chi connectivity index (χ0) is 23.5. The highest BCUT2D eigenvalue weighted by molar-refractivity contribution is 5.93. The van der Waals surface area contributed by atoms with Gasteiger partial charge in [-0.15, -0.1) is 9.78 Å². The van der Waals surface area contributed by atoms with Crippen molar-refractivity contribution in [2.45, 2.75) is 26.1 Å². The van der Waals surface area contributed by atoms with E-state index in [1.54, 1.807) is 24.3 Å². The maximum Gasteiger partial charge on any atom is 0.377 e. The number of hydrogen-bond donors (Lipinski definition) is 0. The summed E-state index contributed by atoms with van der Waals surface area (Å²) in [6.45, 7) is 1.85. The highest BCUT2D eigenvalue weighted by atomic mass is 17.3. The van der Waals surface area contributed by atoms with Crippen LogP contribution in [0.2, 0.25) is 0 Å². The van der Waals surface area contributed by atoms with Gasteiger partial charge in [-0.25, -0.2) is 9.59 Å². The molecule has 0 saturated carbocycles. The summed E-state index contributed by atoms with van der Waals surface area (Å²) in [5.41, 5.74) is 0.167. The van der Waals surface area contributed by atoms with Gasteiger partial charge in [0, 0.05) is 6.42 Å². The van der Waals surface area contributed by atoms with Gasteiger partial charge in [0.1, 0.15) is 34.1 Å². The van der Waals surface area contributed by atoms with Gasteiger partial charge in [-0.3, -0.25) is 9.78 Å². The van der Waals surface area contributed by atoms with E-state index < -0.39 is 18.2 Å². The third kappa shape index (κ3) is 6.50. The first-order chi connectivity index (χ1) is 15.5. The van der Waals surface area contributed by atoms with Gasteiger partial charge in [-0.05, 0) is 36.4 Å². The predicted octanol–water partition coefficient (Wildman–Crippen LogP) is 3.72. The Morgan fingerprint density at radius 3 is 1.50 bits per heavy atom. The zero-order valence-electron chi connectivity index (χ0n) is 18.5. The maximum absolute atomic E-state index is 12.4. The van der Waals surface area contributed by atoms with Crippen molar-refractivity contribution in [1.82, 2.24) is 0 Å². The first kappa shape index (κ1) is 24.8. The normalized spacial score (nSPS) is 10.4. The van der Waals surface area contributed by atoms with Gasteiger partial charge in [0.2, 0.25) is 6.29 Å². The Morgan fingerprint density at radius 2 is 1.16 bits per heavy atom. The molecule has 0 amide bonds. The van der Waals surface area contributed by atoms with E-state index >= 15 is 0 Å². The van der Waals surface area contributed by atoms with E-state index in [4.69, 9.17) is 38.5 Å². The van der Waals surface area contributed by atoms with Gasteiger partial charge < -0.3 is 18.9 Å². The number of methoxy groups -OCH3 is 4. The lowest BCUT2D eigenvalue weighted by Crippen LogP contribution is -2.22. The van der Waals surface area contributed by atoms with E-state index in [-0.39, 0.29) is 29.0 Å². The van der Waals surface area contributed by atoms with E-state index in [0.29, 0.717) is 17.9 Å². The molecule has 0 saturated heterocycles. The van der Waals surface area contributed by atoms with E-state index in [2.05, 4.69) is 0 Å². The Morgan fingerprint density at radius 1 is 0.719 bits per heavy atom. The van der Waals surface area contributed by atoms with Crippen LogP contribution in [-0.2, 0) is 19.6 Å². The molecule has 32 heavy (non-hydrogen) atoms. The van der Waals surface area contributed by atoms with Crippen LogP contribution in [0.15, 0.2) is 36.4 Å². The summed E-state index contributed by atoms with van der Waals surface area (Å²) in [4.78, 5) is 44.7. The van der Waals surface area contributed by atoms with Crippen LogP contribution in [0.4, 0.5) is 0 Å². The van der Waals surface area contributed by atoms with Crippen LogP contribution < -0.4 is 18.9 Å². The van der Waals surface area contributed by atoms with Crippen molar-refractivity contribution in [3.05, 3.63) is 47.5 Å². The fourth-order valence-electron chi connectivity index (χ4n) is 2.58. The number of carbonyl (C=O) groups is 2. The lowest BCUT2D eigenvalue weighted by Gasteiger charge is -2.16. The summed E-state index contributed by atoms with van der Waals surface area (Å²) in [6.07, 6.45) is -0.309. The Balaban J connectivity index is 2.03. The molecule has 0 fully saturated rings. The smallest absolute Gasteiger partial charge is 0.377 e. The van der Waals surface area contributed by atoms with Crippen LogP contribution in [0, 0.1) is 0 Å². The lowest BCUT2D eigenvalue weighted by atomic mass is 10.2. The number of hydrogen-bond acceptors (Lipinski definition) is 10. The van der Waals surface area contributed by atoms with Crippen molar-refractivity contribution in [3.8, 4) is 23.0 Å². The molecule has 0 atom stereocenters. The molecule has 0 aliphatic rings. The van der Waals surface area contributed by atoms with E-state index in [0.717, 1.165) is 0 Å². The Kier molecular flexibility index (Phi) is 9.58. The van der Waals surface area contributed by atoms with Crippen molar-refractivity contribution >= 4 is 11.9 Å². The number of carbonyl (C=O) groups excluding carboxylic acids is 2. The van der Waals surface area contributed by atoms with Gasteiger partial charge >= 0.3 is 11.9 Å². The Hall–Kier alpha value is -3.50. The third-order valence-corrected chi connectivity index (χ3v) is 4.24. The highest BCUT2D eigenvalue weighted by Crippen LogP contribution is 2.26. The fourth-order valence-corrected chi connectivity index (χ4v) is 2.58. The van der Waals surface area contributed by atoms with Crippen molar-refractivity contribution in [1.29, 1.82) is 0 Å². The third-order valence-electron chi connectivity index (χ3n) is 4.24. The molecule has 2 rings (SSSR count). The minimum absolute atomic E-state index is 0.0835. The maximum atomic E-state index is 12.4. The molecule has 0 heterocycles. The summed E-state index contributed by atoms with van der Waals surface area (Å²) < 4.78 is 20.5. The van der Waals surface area contributed by atoms with Crippen LogP contribution in [-0.4, -0.2) is 46.7 Å². The topological polar surface area (TPSA) is 108 Å². The Labute approximate surface area is 185 Å². The molecule has 174 valence electrons. The van der Waals surface area contributed by atoms with Crippen LogP contribution >= 0.6 is 0 Å². The summed E-state index contributed by atoms with van der Waals surface area (Å²) in [6, 6.07) is 9.25. The van der Waals surface area contributed by atoms with Gasteiger partial charge in [0.05, 0.1) is 28.4 Å². The number of benzene rings is 2. The van der Waals surface area contributed by atoms with Crippen molar-refractivity contribution in [3.63, 3.8) is 0 Å². The minimum atomic E-state index is -1.17. The monoisotopic (exact) mass is 450 g/mol. The molecule has 2 aromatic rings. The molecule has 2 aromatic carbocycles. The first-order valence-corrected chi connectivity index (χ1v) is 9.66. The summed E-state index contributed by atoms with van der Waals surface area (Å²) >= 11 is 0. The summed E-state index contributed by atoms with van der Waals surface area (Å²) in [5.74, 6) is -0.286. The van der Waals surface area contributed by atoms with Crippen molar-refractivity contribution in [2.75, 3.05) is 28.4 Å². The van der Waals surface area contributed by atoms with E-state index in [1.807, 2.05) is 6.92 Å². The molecule has 0 spiro atoms. The summed E-state index contributed by atoms with van der Waals surface area (Å²) in [5, 5.41) is 0. The molecular formula is C22H26O10. The fraction of sp³-hybridized carbons (Fsp3) is 0.364. The van der Waals surface area contributed by atoms with E-state index in [9.17, 15) is 9.59 Å². The van der Waals surface area contributed by atoms with Gasteiger partial charge in [-0.2, -0.15) is 0 Å². The average molecular weight is 450 g/mol. The molecule has 0 aliphatic heterocycles. The molecule has 0 N–H and O–H groups in total. The predicted molar refractivity (Wildman–Crippen MR) is 111 cm³/mol. The molecule has 10 nitrogen and oxygen atoms in total. The minimum Gasteiger partial charge on any atom is -0.497 e. The highest BCUT2D eigenvalue weighted by Gasteiger charge is 2.23. The second kappa shape index (κ2) is 12.4. The average Bonchev–Trinajstić information content (AvgIpc) is 2.84. The van der Waals surface area contributed by atoms with Crippen LogP contribution in [0.3, 0.4) is 0 Å². The quantitative estimate of drug-likeness (QED) is 0.270. The van der Waals surface area contributed by atoms with E-state index in [1.165, 1.54) is 40.6 Å². The first-order valence-electron chi connectivity index (χ1n) is 9.66. The van der Waals surface area contributed by atoms with Crippen LogP contribution in [0.5, 0.6) is 23.0 Å². The van der Waals surface area contributed by atoms with Gasteiger partial charge in [0.15, 0.2) is 0 Å². The second-order valence-corrected chi connectivity index (χ2v) is 6.28. The molecular weight excluding hydrogens is 424 g/mol. The summed E-state index contributed by atoms with van der Waals surface area (Å²) in [7, 11) is 5.75. The standard InChI is InChI=1S/C22H26O10/c1-6-7-20(29-31-21(23)16-12-14(25-2)8-10-18(16)27-4)30-32-22(24)17-13-15(26-3)9-11-19(17)28-5/h8-13,20H,6-7H2,1-5H3. The largest absolute Gasteiger partial charge is 0.497 e. The molecule has 10 heteroatoms. The Bertz CT molecular complexity index is 840. The number of ether oxygens (including phenoxy) is 4. The zero-order valence-corrected chi connectivity index (χ0v) is 18.5. The molecule has 0 aliphatic carbocycles. The number of rotatable bonds is 12. The lowest BCUT2D eigenvalue weighted by molar-refractivity contribution is -0.421. The molecule has 0 radical (unpaired) electrons. The second-order valence-electron chi connectivity index (χ2n) is 6.28. The van der Waals surface area contributed by atoms with Crippen molar-refractivity contribution < 1.29 is 48.1 Å². The molecule has 0 unspecified atom stereocenters. The van der Waals surface area contributed by atoms with Gasteiger partial charge in [0.25, 0.3) is 0 Å². The molecule has 0 aromatic heterocycles.